The van der Waals surface area contributed by atoms with Crippen molar-refractivity contribution in [3.63, 3.8) is 0 Å². The molecule has 112 valence electrons. The van der Waals surface area contributed by atoms with Gasteiger partial charge in [-0.15, -0.1) is 0 Å². The second-order valence-corrected chi connectivity index (χ2v) is 6.68. The molecule has 1 aliphatic rings. The van der Waals surface area contributed by atoms with Crippen LogP contribution in [0.4, 0.5) is 4.39 Å². The molecule has 0 amide bonds. The molecule has 1 N–H and O–H groups in total. The molecule has 2 rings (SSSR count). The summed E-state index contributed by atoms with van der Waals surface area (Å²) in [5.41, 5.74) is 1.05. The van der Waals surface area contributed by atoms with E-state index in [1.165, 1.54) is 38.2 Å². The van der Waals surface area contributed by atoms with Crippen molar-refractivity contribution in [1.29, 1.82) is 0 Å². The third kappa shape index (κ3) is 4.46. The van der Waals surface area contributed by atoms with Crippen LogP contribution in [0.1, 0.15) is 57.6 Å². The van der Waals surface area contributed by atoms with Gasteiger partial charge >= 0.3 is 0 Å². The van der Waals surface area contributed by atoms with Gasteiger partial charge in [-0.05, 0) is 55.8 Å². The maximum Gasteiger partial charge on any atom is 0.141 e. The molecule has 0 aromatic heterocycles. The third-order valence-electron chi connectivity index (χ3n) is 4.49. The monoisotopic (exact) mass is 297 g/mol. The van der Waals surface area contributed by atoms with Gasteiger partial charge in [0.15, 0.2) is 0 Å². The lowest BCUT2D eigenvalue weighted by atomic mass is 9.81. The van der Waals surface area contributed by atoms with Crippen molar-refractivity contribution >= 4 is 11.6 Å². The Morgan fingerprint density at radius 2 is 2.20 bits per heavy atom. The highest BCUT2D eigenvalue weighted by Gasteiger charge is 2.18. The Morgan fingerprint density at radius 3 is 2.90 bits per heavy atom. The van der Waals surface area contributed by atoms with E-state index in [1.54, 1.807) is 6.07 Å². The molecule has 1 saturated carbocycles. The zero-order valence-electron chi connectivity index (χ0n) is 12.5. The Kier molecular flexibility index (Phi) is 5.86. The average Bonchev–Trinajstić information content (AvgIpc) is 2.42. The molecule has 0 saturated heterocycles. The SMILES string of the molecule is CC1CCCC(CCNC(C)c2ccc(F)c(Cl)c2)C1. The number of benzene rings is 1. The highest BCUT2D eigenvalue weighted by atomic mass is 35.5. The van der Waals surface area contributed by atoms with Gasteiger partial charge in [-0.1, -0.05) is 43.9 Å². The summed E-state index contributed by atoms with van der Waals surface area (Å²) in [6.07, 6.45) is 6.77. The highest BCUT2D eigenvalue weighted by Crippen LogP contribution is 2.30. The molecule has 0 radical (unpaired) electrons. The number of hydrogen-bond acceptors (Lipinski definition) is 1. The van der Waals surface area contributed by atoms with Gasteiger partial charge in [-0.25, -0.2) is 4.39 Å². The predicted molar refractivity (Wildman–Crippen MR) is 83.6 cm³/mol. The Morgan fingerprint density at radius 1 is 1.40 bits per heavy atom. The van der Waals surface area contributed by atoms with Gasteiger partial charge in [0.05, 0.1) is 5.02 Å². The van der Waals surface area contributed by atoms with Crippen LogP contribution in [0.15, 0.2) is 18.2 Å². The summed E-state index contributed by atoms with van der Waals surface area (Å²) in [4.78, 5) is 0. The summed E-state index contributed by atoms with van der Waals surface area (Å²) in [6, 6.07) is 5.19. The fourth-order valence-electron chi connectivity index (χ4n) is 3.23. The van der Waals surface area contributed by atoms with Gasteiger partial charge in [-0.3, -0.25) is 0 Å². The molecule has 1 aliphatic carbocycles. The Bertz CT molecular complexity index is 435. The standard InChI is InChI=1S/C17H25ClFN/c1-12-4-3-5-14(10-12)8-9-20-13(2)15-6-7-17(19)16(18)11-15/h6-7,11-14,20H,3-5,8-10H2,1-2H3. The molecular formula is C17H25ClFN. The number of hydrogen-bond donors (Lipinski definition) is 1. The minimum atomic E-state index is -0.348. The summed E-state index contributed by atoms with van der Waals surface area (Å²) in [6.45, 7) is 5.49. The molecule has 1 nitrogen and oxygen atoms in total. The molecule has 20 heavy (non-hydrogen) atoms. The van der Waals surface area contributed by atoms with Crippen molar-refractivity contribution in [3.8, 4) is 0 Å². The van der Waals surface area contributed by atoms with Crippen molar-refractivity contribution in [2.24, 2.45) is 11.8 Å². The van der Waals surface area contributed by atoms with E-state index in [0.717, 1.165) is 23.9 Å². The number of rotatable bonds is 5. The normalized spacial score (nSPS) is 24.6. The summed E-state index contributed by atoms with van der Waals surface area (Å²) >= 11 is 5.83. The first-order chi connectivity index (χ1) is 9.56. The zero-order valence-corrected chi connectivity index (χ0v) is 13.2. The van der Waals surface area contributed by atoms with Crippen molar-refractivity contribution < 1.29 is 4.39 Å². The Labute approximate surface area is 126 Å². The summed E-state index contributed by atoms with van der Waals surface area (Å²) in [7, 11) is 0. The van der Waals surface area contributed by atoms with Crippen LogP contribution in [0, 0.1) is 17.7 Å². The van der Waals surface area contributed by atoms with Crippen LogP contribution in [0.3, 0.4) is 0 Å². The zero-order chi connectivity index (χ0) is 14.5. The van der Waals surface area contributed by atoms with Crippen LogP contribution in [0.5, 0.6) is 0 Å². The van der Waals surface area contributed by atoms with E-state index in [1.807, 2.05) is 6.07 Å². The lowest BCUT2D eigenvalue weighted by Crippen LogP contribution is -2.23. The maximum atomic E-state index is 13.1. The van der Waals surface area contributed by atoms with Crippen LogP contribution in [-0.2, 0) is 0 Å². The van der Waals surface area contributed by atoms with Gasteiger partial charge in [0.2, 0.25) is 0 Å². The fraction of sp³-hybridized carbons (Fsp3) is 0.647. The molecular weight excluding hydrogens is 273 g/mol. The van der Waals surface area contributed by atoms with Gasteiger partial charge < -0.3 is 5.32 Å². The smallest absolute Gasteiger partial charge is 0.141 e. The van der Waals surface area contributed by atoms with Crippen LogP contribution in [-0.4, -0.2) is 6.54 Å². The lowest BCUT2D eigenvalue weighted by Gasteiger charge is -2.27. The van der Waals surface area contributed by atoms with E-state index in [4.69, 9.17) is 11.6 Å². The van der Waals surface area contributed by atoms with Gasteiger partial charge in [0.25, 0.3) is 0 Å². The minimum Gasteiger partial charge on any atom is -0.310 e. The molecule has 1 aromatic rings. The molecule has 3 heteroatoms. The van der Waals surface area contributed by atoms with E-state index in [2.05, 4.69) is 19.2 Å². The van der Waals surface area contributed by atoms with Crippen molar-refractivity contribution in [3.05, 3.63) is 34.6 Å². The molecule has 3 atom stereocenters. The molecule has 0 spiro atoms. The van der Waals surface area contributed by atoms with Crippen molar-refractivity contribution in [2.75, 3.05) is 6.54 Å². The minimum absolute atomic E-state index is 0.206. The number of nitrogens with one attached hydrogen (secondary N) is 1. The van der Waals surface area contributed by atoms with Crippen LogP contribution in [0.2, 0.25) is 5.02 Å². The first-order valence-electron chi connectivity index (χ1n) is 7.74. The van der Waals surface area contributed by atoms with E-state index < -0.39 is 0 Å². The van der Waals surface area contributed by atoms with Gasteiger partial charge in [0.1, 0.15) is 5.82 Å². The first-order valence-corrected chi connectivity index (χ1v) is 8.12. The molecule has 0 heterocycles. The second-order valence-electron chi connectivity index (χ2n) is 6.28. The van der Waals surface area contributed by atoms with E-state index >= 15 is 0 Å². The third-order valence-corrected chi connectivity index (χ3v) is 4.78. The predicted octanol–water partition coefficient (Wildman–Crippen LogP) is 5.35. The second kappa shape index (κ2) is 7.42. The molecule has 1 aromatic carbocycles. The van der Waals surface area contributed by atoms with Gasteiger partial charge in [0, 0.05) is 6.04 Å². The van der Waals surface area contributed by atoms with E-state index in [-0.39, 0.29) is 16.9 Å². The lowest BCUT2D eigenvalue weighted by molar-refractivity contribution is 0.265. The highest BCUT2D eigenvalue weighted by molar-refractivity contribution is 6.30. The van der Waals surface area contributed by atoms with Crippen molar-refractivity contribution in [1.82, 2.24) is 5.32 Å². The number of halogens is 2. The summed E-state index contributed by atoms with van der Waals surface area (Å²) in [5, 5.41) is 3.73. The van der Waals surface area contributed by atoms with Crippen LogP contribution in [0.25, 0.3) is 0 Å². The van der Waals surface area contributed by atoms with Crippen molar-refractivity contribution in [2.45, 2.75) is 52.0 Å². The fourth-order valence-corrected chi connectivity index (χ4v) is 3.41. The van der Waals surface area contributed by atoms with E-state index in [9.17, 15) is 4.39 Å². The summed E-state index contributed by atoms with van der Waals surface area (Å²) in [5.74, 6) is 1.41. The summed E-state index contributed by atoms with van der Waals surface area (Å²) < 4.78 is 13.1. The molecule has 0 aliphatic heterocycles. The van der Waals surface area contributed by atoms with Gasteiger partial charge in [-0.2, -0.15) is 0 Å². The molecule has 1 fully saturated rings. The quantitative estimate of drug-likeness (QED) is 0.773. The molecule has 3 unspecified atom stereocenters. The van der Waals surface area contributed by atoms with E-state index in [0.29, 0.717) is 0 Å². The maximum absolute atomic E-state index is 13.1. The van der Waals surface area contributed by atoms with Crippen LogP contribution >= 0.6 is 11.6 Å². The Balaban J connectivity index is 1.77. The van der Waals surface area contributed by atoms with Crippen LogP contribution < -0.4 is 5.32 Å². The topological polar surface area (TPSA) is 12.0 Å². The molecule has 0 bridgehead atoms. The largest absolute Gasteiger partial charge is 0.310 e. The first kappa shape index (κ1) is 15.8. The average molecular weight is 298 g/mol. The Hall–Kier alpha value is -0.600.